The third kappa shape index (κ3) is 3.06. The SMILES string of the molecule is CN1CCN(c2cc(-c3ccc4c(n3)CCCC4)nc(N)n2)CC1. The van der Waals surface area contributed by atoms with E-state index in [1.54, 1.807) is 0 Å². The van der Waals surface area contributed by atoms with E-state index in [1.807, 2.05) is 6.07 Å². The molecule has 3 heterocycles. The number of likely N-dealkylation sites (N-methyl/N-ethyl adjacent to an activating group) is 1. The lowest BCUT2D eigenvalue weighted by Crippen LogP contribution is -2.44. The highest BCUT2D eigenvalue weighted by Crippen LogP contribution is 2.26. The minimum atomic E-state index is 0.320. The number of nitrogens with zero attached hydrogens (tertiary/aromatic N) is 5. The van der Waals surface area contributed by atoms with E-state index >= 15 is 0 Å². The van der Waals surface area contributed by atoms with Crippen molar-refractivity contribution in [1.82, 2.24) is 19.9 Å². The van der Waals surface area contributed by atoms with Gasteiger partial charge in [0.2, 0.25) is 5.95 Å². The van der Waals surface area contributed by atoms with Crippen molar-refractivity contribution in [3.63, 3.8) is 0 Å². The zero-order valence-corrected chi connectivity index (χ0v) is 14.2. The summed E-state index contributed by atoms with van der Waals surface area (Å²) in [5, 5.41) is 0. The summed E-state index contributed by atoms with van der Waals surface area (Å²) in [7, 11) is 2.15. The van der Waals surface area contributed by atoms with Crippen molar-refractivity contribution in [3.05, 3.63) is 29.5 Å². The van der Waals surface area contributed by atoms with Crippen molar-refractivity contribution >= 4 is 11.8 Å². The molecule has 0 aromatic carbocycles. The number of hydrogen-bond acceptors (Lipinski definition) is 6. The molecule has 1 aliphatic heterocycles. The van der Waals surface area contributed by atoms with Gasteiger partial charge in [-0.1, -0.05) is 6.07 Å². The number of aromatic nitrogens is 3. The van der Waals surface area contributed by atoms with Crippen LogP contribution in [-0.4, -0.2) is 53.1 Å². The molecule has 1 fully saturated rings. The lowest BCUT2D eigenvalue weighted by atomic mass is 9.95. The number of piperazine rings is 1. The fraction of sp³-hybridized carbons (Fsp3) is 0.500. The second kappa shape index (κ2) is 6.36. The van der Waals surface area contributed by atoms with E-state index in [2.05, 4.69) is 38.9 Å². The summed E-state index contributed by atoms with van der Waals surface area (Å²) in [4.78, 5) is 18.3. The average molecular weight is 324 g/mol. The monoisotopic (exact) mass is 324 g/mol. The molecule has 0 unspecified atom stereocenters. The molecule has 0 amide bonds. The first-order valence-corrected chi connectivity index (χ1v) is 8.76. The second-order valence-electron chi connectivity index (χ2n) is 6.77. The van der Waals surface area contributed by atoms with Gasteiger partial charge in [-0.3, -0.25) is 4.98 Å². The van der Waals surface area contributed by atoms with E-state index in [0.717, 1.165) is 56.2 Å². The van der Waals surface area contributed by atoms with Crippen molar-refractivity contribution in [2.45, 2.75) is 25.7 Å². The number of anilines is 2. The average Bonchev–Trinajstić information content (AvgIpc) is 2.61. The van der Waals surface area contributed by atoms with E-state index in [0.29, 0.717) is 5.95 Å². The van der Waals surface area contributed by atoms with Gasteiger partial charge in [0.05, 0.1) is 11.4 Å². The third-order valence-electron chi connectivity index (χ3n) is 5.00. The Morgan fingerprint density at radius 1 is 0.917 bits per heavy atom. The number of pyridine rings is 1. The van der Waals surface area contributed by atoms with Crippen molar-refractivity contribution in [3.8, 4) is 11.4 Å². The quantitative estimate of drug-likeness (QED) is 0.907. The summed E-state index contributed by atoms with van der Waals surface area (Å²) in [5.74, 6) is 1.23. The topological polar surface area (TPSA) is 71.2 Å². The van der Waals surface area contributed by atoms with Crippen molar-refractivity contribution in [1.29, 1.82) is 0 Å². The van der Waals surface area contributed by atoms with Crippen LogP contribution in [-0.2, 0) is 12.8 Å². The van der Waals surface area contributed by atoms with E-state index in [4.69, 9.17) is 10.7 Å². The Kier molecular flexibility index (Phi) is 4.06. The lowest BCUT2D eigenvalue weighted by Gasteiger charge is -2.33. The molecule has 0 atom stereocenters. The highest BCUT2D eigenvalue weighted by Gasteiger charge is 2.18. The summed E-state index contributed by atoms with van der Waals surface area (Å²) >= 11 is 0. The van der Waals surface area contributed by atoms with Gasteiger partial charge in [0.15, 0.2) is 0 Å². The minimum Gasteiger partial charge on any atom is -0.368 e. The first-order chi connectivity index (χ1) is 11.7. The van der Waals surface area contributed by atoms with Gasteiger partial charge in [0, 0.05) is 37.9 Å². The fourth-order valence-electron chi connectivity index (χ4n) is 3.51. The highest BCUT2D eigenvalue weighted by molar-refractivity contribution is 5.62. The Hall–Kier alpha value is -2.21. The number of rotatable bonds is 2. The smallest absolute Gasteiger partial charge is 0.222 e. The molecule has 4 rings (SSSR count). The molecule has 0 spiro atoms. The molecule has 2 aliphatic rings. The molecule has 6 nitrogen and oxygen atoms in total. The van der Waals surface area contributed by atoms with Crippen LogP contribution in [0.2, 0.25) is 0 Å². The first kappa shape index (κ1) is 15.3. The van der Waals surface area contributed by atoms with Crippen molar-refractivity contribution in [2.75, 3.05) is 43.9 Å². The van der Waals surface area contributed by atoms with Crippen LogP contribution >= 0.6 is 0 Å². The van der Waals surface area contributed by atoms with Gasteiger partial charge in [0.25, 0.3) is 0 Å². The predicted octanol–water partition coefficient (Wildman–Crippen LogP) is 1.75. The summed E-state index contributed by atoms with van der Waals surface area (Å²) < 4.78 is 0. The third-order valence-corrected chi connectivity index (χ3v) is 5.00. The van der Waals surface area contributed by atoms with Crippen LogP contribution in [0.3, 0.4) is 0 Å². The lowest BCUT2D eigenvalue weighted by molar-refractivity contribution is 0.312. The molecule has 1 aliphatic carbocycles. The van der Waals surface area contributed by atoms with Gasteiger partial charge in [-0.15, -0.1) is 0 Å². The molecule has 2 N–H and O–H groups in total. The highest BCUT2D eigenvalue weighted by atomic mass is 15.3. The first-order valence-electron chi connectivity index (χ1n) is 8.76. The summed E-state index contributed by atoms with van der Waals surface area (Å²) in [5.41, 5.74) is 10.3. The van der Waals surface area contributed by atoms with Crippen LogP contribution in [0.4, 0.5) is 11.8 Å². The van der Waals surface area contributed by atoms with E-state index in [9.17, 15) is 0 Å². The molecule has 2 aromatic rings. The maximum absolute atomic E-state index is 5.98. The molecule has 2 aromatic heterocycles. The molecule has 24 heavy (non-hydrogen) atoms. The molecule has 0 saturated carbocycles. The predicted molar refractivity (Wildman–Crippen MR) is 96.0 cm³/mol. The molecule has 0 bridgehead atoms. The Bertz CT molecular complexity index is 736. The van der Waals surface area contributed by atoms with Crippen LogP contribution in [0.1, 0.15) is 24.1 Å². The van der Waals surface area contributed by atoms with Gasteiger partial charge in [-0.2, -0.15) is 4.98 Å². The fourth-order valence-corrected chi connectivity index (χ4v) is 3.51. The van der Waals surface area contributed by atoms with Gasteiger partial charge < -0.3 is 15.5 Å². The minimum absolute atomic E-state index is 0.320. The molecular formula is C18H24N6. The number of hydrogen-bond donors (Lipinski definition) is 1. The number of fused-ring (bicyclic) bond motifs is 1. The summed E-state index contributed by atoms with van der Waals surface area (Å²) in [6, 6.07) is 6.30. The zero-order chi connectivity index (χ0) is 16.5. The molecule has 0 radical (unpaired) electrons. The zero-order valence-electron chi connectivity index (χ0n) is 14.2. The maximum Gasteiger partial charge on any atom is 0.222 e. The largest absolute Gasteiger partial charge is 0.368 e. The Balaban J connectivity index is 1.66. The Morgan fingerprint density at radius 3 is 2.54 bits per heavy atom. The molecular weight excluding hydrogens is 300 g/mol. The van der Waals surface area contributed by atoms with Gasteiger partial charge in [-0.25, -0.2) is 4.98 Å². The summed E-state index contributed by atoms with van der Waals surface area (Å²) in [6.45, 7) is 4.00. The second-order valence-corrected chi connectivity index (χ2v) is 6.77. The van der Waals surface area contributed by atoms with Crippen LogP contribution in [0.15, 0.2) is 18.2 Å². The Morgan fingerprint density at radius 2 is 1.71 bits per heavy atom. The van der Waals surface area contributed by atoms with Gasteiger partial charge in [-0.05, 0) is 44.4 Å². The van der Waals surface area contributed by atoms with E-state index < -0.39 is 0 Å². The number of nitrogen functional groups attached to an aromatic ring is 1. The van der Waals surface area contributed by atoms with Crippen LogP contribution in [0.25, 0.3) is 11.4 Å². The van der Waals surface area contributed by atoms with Crippen LogP contribution < -0.4 is 10.6 Å². The molecule has 126 valence electrons. The number of aryl methyl sites for hydroxylation is 2. The number of nitrogens with two attached hydrogens (primary N) is 1. The standard InChI is InChI=1S/C18H24N6/c1-23-8-10-24(11-9-23)17-12-16(21-18(19)22-17)15-7-6-13-4-2-3-5-14(13)20-15/h6-7,12H,2-5,8-11H2,1H3,(H2,19,21,22). The maximum atomic E-state index is 5.98. The Labute approximate surface area is 142 Å². The van der Waals surface area contributed by atoms with Crippen molar-refractivity contribution in [2.24, 2.45) is 0 Å². The molecule has 6 heteroatoms. The summed E-state index contributed by atoms with van der Waals surface area (Å²) in [6.07, 6.45) is 4.69. The van der Waals surface area contributed by atoms with Crippen LogP contribution in [0.5, 0.6) is 0 Å². The van der Waals surface area contributed by atoms with Gasteiger partial charge >= 0.3 is 0 Å². The molecule has 1 saturated heterocycles. The van der Waals surface area contributed by atoms with Crippen molar-refractivity contribution < 1.29 is 0 Å². The van der Waals surface area contributed by atoms with Gasteiger partial charge in [0.1, 0.15) is 5.82 Å². The van der Waals surface area contributed by atoms with E-state index in [-0.39, 0.29) is 0 Å². The normalized spacial score (nSPS) is 18.5. The van der Waals surface area contributed by atoms with Crippen LogP contribution in [0, 0.1) is 0 Å². The van der Waals surface area contributed by atoms with E-state index in [1.165, 1.54) is 24.1 Å².